The van der Waals surface area contributed by atoms with Gasteiger partial charge >= 0.3 is 17.9 Å². The number of amides is 3. The minimum absolute atomic E-state index is 0.0729. The van der Waals surface area contributed by atoms with Gasteiger partial charge in [-0.3, -0.25) is 19.3 Å². The molecule has 206 valence electrons. The van der Waals surface area contributed by atoms with E-state index < -0.39 is 63.8 Å². The maximum Gasteiger partial charge on any atom is 0.418 e. The van der Waals surface area contributed by atoms with Crippen LogP contribution in [0.1, 0.15) is 40.0 Å². The number of hydrogen-bond acceptors (Lipinski definition) is 8. The number of nitrogens with zero attached hydrogens (tertiary/aromatic N) is 1. The average molecular weight is 547 g/mol. The molecule has 0 aromatic carbocycles. The second-order valence-corrected chi connectivity index (χ2v) is 10.0. The molecule has 17 heteroatoms. The largest absolute Gasteiger partial charge is 0.480 e. The molecule has 0 saturated carbocycles. The van der Waals surface area contributed by atoms with Crippen molar-refractivity contribution in [3.8, 4) is 0 Å². The van der Waals surface area contributed by atoms with Gasteiger partial charge in [-0.25, -0.2) is 19.3 Å². The number of nitrogens with one attached hydrogen (secondary N) is 3. The van der Waals surface area contributed by atoms with Crippen LogP contribution < -0.4 is 14.8 Å². The maximum atomic E-state index is 12.6. The van der Waals surface area contributed by atoms with Gasteiger partial charge in [0.05, 0.1) is 6.54 Å². The highest BCUT2D eigenvalue weighted by Crippen LogP contribution is 2.36. The summed E-state index contributed by atoms with van der Waals surface area (Å²) in [5.74, 6) is -8.82. The first-order valence-corrected chi connectivity index (χ1v) is 11.8. The molecule has 0 aliphatic carbocycles. The van der Waals surface area contributed by atoms with Crippen molar-refractivity contribution in [2.24, 2.45) is 5.41 Å². The van der Waals surface area contributed by atoms with Crippen molar-refractivity contribution in [3.05, 3.63) is 12.2 Å². The molecule has 3 amide bonds. The van der Waals surface area contributed by atoms with E-state index in [4.69, 9.17) is 5.11 Å². The fourth-order valence-corrected chi connectivity index (χ4v) is 2.83. The van der Waals surface area contributed by atoms with Crippen molar-refractivity contribution >= 4 is 39.9 Å². The Morgan fingerprint density at radius 1 is 1.11 bits per heavy atom. The summed E-state index contributed by atoms with van der Waals surface area (Å²) >= 11 is 0. The molecule has 1 aliphatic heterocycles. The van der Waals surface area contributed by atoms with E-state index in [1.165, 1.54) is 0 Å². The predicted octanol–water partition coefficient (Wildman–Crippen LogP) is -0.200. The summed E-state index contributed by atoms with van der Waals surface area (Å²) in [6.45, 7) is 2.90. The van der Waals surface area contributed by atoms with Crippen LogP contribution in [0.15, 0.2) is 12.2 Å². The molecule has 0 unspecified atom stereocenters. The van der Waals surface area contributed by atoms with Gasteiger partial charge in [-0.15, -0.1) is 0 Å². The Labute approximate surface area is 205 Å². The van der Waals surface area contributed by atoms with E-state index in [0.29, 0.717) is 12.8 Å². The van der Waals surface area contributed by atoms with Gasteiger partial charge in [0, 0.05) is 35.7 Å². The van der Waals surface area contributed by atoms with Gasteiger partial charge in [-0.1, -0.05) is 20.8 Å². The van der Waals surface area contributed by atoms with E-state index in [9.17, 15) is 45.7 Å². The van der Waals surface area contributed by atoms with Gasteiger partial charge in [-0.05, 0) is 19.3 Å². The lowest BCUT2D eigenvalue weighted by Crippen LogP contribution is -2.47. The van der Waals surface area contributed by atoms with Gasteiger partial charge in [0.1, 0.15) is 6.04 Å². The van der Waals surface area contributed by atoms with Crippen molar-refractivity contribution in [2.45, 2.75) is 52.0 Å². The van der Waals surface area contributed by atoms with Crippen LogP contribution in [0.2, 0.25) is 0 Å². The van der Waals surface area contributed by atoms with Crippen molar-refractivity contribution < 1.29 is 55.7 Å². The van der Waals surface area contributed by atoms with Crippen LogP contribution >= 0.6 is 0 Å². The van der Waals surface area contributed by atoms with Crippen LogP contribution in [-0.2, 0) is 39.1 Å². The Bertz CT molecular complexity index is 948. The fourth-order valence-electron chi connectivity index (χ4n) is 2.36. The van der Waals surface area contributed by atoms with Crippen molar-refractivity contribution in [1.29, 1.82) is 0 Å². The SMILES string of the molecule is CC(C)(C)C(F)(F)C(=O)OF.CNS(=O)(=O)NCC(=O)N[C@@H](CCCCN1C(=O)C=CC1=O)C(=O)O. The molecule has 0 fully saturated rings. The van der Waals surface area contributed by atoms with Crippen molar-refractivity contribution in [2.75, 3.05) is 20.1 Å². The van der Waals surface area contributed by atoms with Gasteiger partial charge in [0.2, 0.25) is 5.91 Å². The van der Waals surface area contributed by atoms with E-state index in [0.717, 1.165) is 44.9 Å². The van der Waals surface area contributed by atoms with Crippen LogP contribution in [0.4, 0.5) is 13.3 Å². The van der Waals surface area contributed by atoms with Crippen molar-refractivity contribution in [1.82, 2.24) is 19.7 Å². The molecule has 1 aliphatic rings. The summed E-state index contributed by atoms with van der Waals surface area (Å²) in [6.07, 6.45) is 3.12. The molecule has 36 heavy (non-hydrogen) atoms. The Morgan fingerprint density at radius 3 is 2.03 bits per heavy atom. The summed E-state index contributed by atoms with van der Waals surface area (Å²) in [4.78, 5) is 59.1. The summed E-state index contributed by atoms with van der Waals surface area (Å²) in [6, 6.07) is -1.20. The molecule has 0 spiro atoms. The van der Waals surface area contributed by atoms with Gasteiger partial charge in [0.25, 0.3) is 22.0 Å². The summed E-state index contributed by atoms with van der Waals surface area (Å²) in [5, 5.41) is 11.3. The molecule has 0 aromatic rings. The number of carbonyl (C=O) groups is 5. The first-order chi connectivity index (χ1) is 16.4. The molecule has 0 radical (unpaired) electrons. The number of aliphatic carboxylic acids is 1. The molecule has 0 saturated heterocycles. The minimum atomic E-state index is -3.79. The zero-order valence-corrected chi connectivity index (χ0v) is 20.8. The van der Waals surface area contributed by atoms with Crippen molar-refractivity contribution in [3.63, 3.8) is 0 Å². The zero-order chi connectivity index (χ0) is 28.3. The van der Waals surface area contributed by atoms with Gasteiger partial charge < -0.3 is 10.4 Å². The highest BCUT2D eigenvalue weighted by atomic mass is 32.2. The zero-order valence-electron chi connectivity index (χ0n) is 20.0. The highest BCUT2D eigenvalue weighted by Gasteiger charge is 2.52. The van der Waals surface area contributed by atoms with E-state index in [-0.39, 0.29) is 13.0 Å². The molecule has 13 nitrogen and oxygen atoms in total. The number of imide groups is 1. The molecule has 1 heterocycles. The van der Waals surface area contributed by atoms with Crippen LogP contribution in [0, 0.1) is 5.41 Å². The summed E-state index contributed by atoms with van der Waals surface area (Å²) in [5.41, 5.74) is -1.63. The second-order valence-electron chi connectivity index (χ2n) is 8.33. The maximum absolute atomic E-state index is 12.6. The summed E-state index contributed by atoms with van der Waals surface area (Å²) in [7, 11) is -2.64. The van der Waals surface area contributed by atoms with Crippen LogP contribution in [0.5, 0.6) is 0 Å². The number of alkyl halides is 2. The Hall–Kier alpha value is -3.05. The molecule has 1 atom stereocenters. The average Bonchev–Trinajstić information content (AvgIpc) is 3.10. The highest BCUT2D eigenvalue weighted by molar-refractivity contribution is 7.87. The number of carboxylic acid groups (broad SMARTS) is 1. The molecular weight excluding hydrogens is 517 g/mol. The monoisotopic (exact) mass is 546 g/mol. The summed E-state index contributed by atoms with van der Waals surface area (Å²) < 4.78 is 62.4. The lowest BCUT2D eigenvalue weighted by atomic mass is 9.88. The number of halogens is 3. The number of carboxylic acids is 1. The van der Waals surface area contributed by atoms with Crippen LogP contribution in [0.3, 0.4) is 0 Å². The van der Waals surface area contributed by atoms with E-state index in [2.05, 4.69) is 10.3 Å². The molecule has 0 bridgehead atoms. The Balaban J connectivity index is 0.000000935. The Morgan fingerprint density at radius 2 is 1.64 bits per heavy atom. The van der Waals surface area contributed by atoms with E-state index in [1.807, 2.05) is 9.44 Å². The smallest absolute Gasteiger partial charge is 0.418 e. The fraction of sp³-hybridized carbons (Fsp3) is 0.632. The lowest BCUT2D eigenvalue weighted by molar-refractivity contribution is -0.225. The first kappa shape index (κ1) is 33.0. The van der Waals surface area contributed by atoms with Gasteiger partial charge in [0.15, 0.2) is 0 Å². The molecule has 0 aromatic heterocycles. The number of carbonyl (C=O) groups excluding carboxylic acids is 4. The first-order valence-electron chi connectivity index (χ1n) is 10.3. The molecule has 4 N–H and O–H groups in total. The number of rotatable bonds is 12. The number of hydrogen-bond donors (Lipinski definition) is 4. The standard InChI is InChI=1S/C13H20N4O7S.C6H9F3O2/c1-14-25(23,24)15-8-10(18)16-9(13(21)22)4-2-3-7-17-11(19)5-6-12(17)20;1-5(2,3)6(7,8)4(10)11-9/h5-6,9,14-15H,2-4,7-8H2,1H3,(H,16,18)(H,21,22);1-3H3/t9-;/m0./s1. The second kappa shape index (κ2) is 13.9. The molecule has 1 rings (SSSR count). The van der Waals surface area contributed by atoms with Crippen LogP contribution in [-0.4, -0.2) is 80.2 Å². The lowest BCUT2D eigenvalue weighted by Gasteiger charge is -2.25. The van der Waals surface area contributed by atoms with Crippen LogP contribution in [0.25, 0.3) is 0 Å². The molecular formula is C19H29F3N4O9S. The van der Waals surface area contributed by atoms with E-state index >= 15 is 0 Å². The van der Waals surface area contributed by atoms with Gasteiger partial charge in [-0.2, -0.15) is 21.9 Å². The number of unbranched alkanes of at least 4 members (excludes halogenated alkanes) is 1. The van der Waals surface area contributed by atoms with E-state index in [1.54, 1.807) is 0 Å². The quantitative estimate of drug-likeness (QED) is 0.190. The minimum Gasteiger partial charge on any atom is -0.480 e. The topological polar surface area (TPSA) is 188 Å². The third-order valence-electron chi connectivity index (χ3n) is 4.62. The third-order valence-corrected chi connectivity index (χ3v) is 5.68. The third kappa shape index (κ3) is 10.7. The predicted molar refractivity (Wildman–Crippen MR) is 117 cm³/mol. The Kier molecular flexibility index (Phi) is 12.7. The normalized spacial score (nSPS) is 14.7.